The van der Waals surface area contributed by atoms with Crippen molar-refractivity contribution in [2.75, 3.05) is 33.3 Å². The van der Waals surface area contributed by atoms with Crippen LogP contribution in [0.2, 0.25) is 0 Å². The van der Waals surface area contributed by atoms with E-state index < -0.39 is 0 Å². The van der Waals surface area contributed by atoms with Crippen LogP contribution in [0, 0.1) is 11.3 Å². The van der Waals surface area contributed by atoms with Gasteiger partial charge in [0.1, 0.15) is 0 Å². The van der Waals surface area contributed by atoms with Gasteiger partial charge in [0.05, 0.1) is 6.10 Å². The monoisotopic (exact) mass is 270 g/mol. The van der Waals surface area contributed by atoms with Crippen LogP contribution in [-0.2, 0) is 4.74 Å². The number of hydrogen-bond acceptors (Lipinski definition) is 3. The lowest BCUT2D eigenvalue weighted by atomic mass is 9.88. The molecule has 1 rings (SSSR count). The van der Waals surface area contributed by atoms with Gasteiger partial charge in [-0.1, -0.05) is 20.8 Å². The van der Waals surface area contributed by atoms with Gasteiger partial charge >= 0.3 is 0 Å². The first-order valence-electron chi connectivity index (χ1n) is 7.63. The molecule has 1 saturated heterocycles. The average Bonchev–Trinajstić information content (AvgIpc) is 2.28. The molecule has 0 radical (unpaired) electrons. The van der Waals surface area contributed by atoms with Crippen molar-refractivity contribution in [3.8, 4) is 0 Å². The Kier molecular flexibility index (Phi) is 5.84. The van der Waals surface area contributed by atoms with Gasteiger partial charge in [-0.3, -0.25) is 0 Å². The Labute approximate surface area is 120 Å². The molecule has 114 valence electrons. The van der Waals surface area contributed by atoms with Gasteiger partial charge in [0, 0.05) is 32.3 Å². The molecule has 0 aliphatic carbocycles. The molecule has 0 aromatic carbocycles. The summed E-state index contributed by atoms with van der Waals surface area (Å²) in [7, 11) is 1.84. The van der Waals surface area contributed by atoms with E-state index in [-0.39, 0.29) is 5.54 Å². The predicted molar refractivity (Wildman–Crippen MR) is 82.6 cm³/mol. The summed E-state index contributed by atoms with van der Waals surface area (Å²) in [4.78, 5) is 2.57. The largest absolute Gasteiger partial charge is 0.380 e. The third kappa shape index (κ3) is 6.24. The second kappa shape index (κ2) is 6.55. The van der Waals surface area contributed by atoms with Crippen molar-refractivity contribution in [2.24, 2.45) is 11.3 Å². The maximum atomic E-state index is 5.61. The molecule has 0 aromatic heterocycles. The lowest BCUT2D eigenvalue weighted by Gasteiger charge is -2.41. The van der Waals surface area contributed by atoms with Crippen molar-refractivity contribution < 1.29 is 4.74 Å². The topological polar surface area (TPSA) is 24.5 Å². The van der Waals surface area contributed by atoms with E-state index in [0.717, 1.165) is 19.6 Å². The van der Waals surface area contributed by atoms with Gasteiger partial charge in [-0.25, -0.2) is 0 Å². The van der Waals surface area contributed by atoms with Crippen LogP contribution in [0.4, 0.5) is 0 Å². The zero-order valence-corrected chi connectivity index (χ0v) is 14.0. The van der Waals surface area contributed by atoms with Crippen LogP contribution >= 0.6 is 0 Å². The quantitative estimate of drug-likeness (QED) is 0.831. The normalized spacial score (nSPS) is 26.7. The Morgan fingerprint density at radius 1 is 1.21 bits per heavy atom. The summed E-state index contributed by atoms with van der Waals surface area (Å²) in [5.74, 6) is 0.692. The molecule has 1 aliphatic rings. The van der Waals surface area contributed by atoms with E-state index in [4.69, 9.17) is 4.74 Å². The molecular weight excluding hydrogens is 236 g/mol. The van der Waals surface area contributed by atoms with Crippen molar-refractivity contribution in [1.29, 1.82) is 0 Å². The Bertz CT molecular complexity index is 270. The zero-order chi connectivity index (χ0) is 14.7. The predicted octanol–water partition coefficient (Wildman–Crippen LogP) is 2.76. The van der Waals surface area contributed by atoms with E-state index in [1.54, 1.807) is 0 Å². The van der Waals surface area contributed by atoms with Gasteiger partial charge in [0.15, 0.2) is 0 Å². The average molecular weight is 270 g/mol. The maximum Gasteiger partial charge on any atom is 0.0724 e. The Hall–Kier alpha value is -0.120. The standard InChI is InChI=1S/C16H34N2O/c1-13-8-9-18(10-14(13)19-7)12-16(5,6)11-17-15(2,3)4/h13-14,17H,8-12H2,1-7H3. The molecule has 0 bridgehead atoms. The minimum absolute atomic E-state index is 0.197. The number of methoxy groups -OCH3 is 1. The molecule has 3 nitrogen and oxygen atoms in total. The highest BCUT2D eigenvalue weighted by atomic mass is 16.5. The Morgan fingerprint density at radius 3 is 2.37 bits per heavy atom. The van der Waals surface area contributed by atoms with Gasteiger partial charge in [-0.05, 0) is 45.1 Å². The van der Waals surface area contributed by atoms with Crippen molar-refractivity contribution in [3.63, 3.8) is 0 Å². The molecule has 2 atom stereocenters. The number of likely N-dealkylation sites (tertiary alicyclic amines) is 1. The molecule has 1 aliphatic heterocycles. The Balaban J connectivity index is 2.44. The third-order valence-corrected chi connectivity index (χ3v) is 4.03. The summed E-state index contributed by atoms with van der Waals surface area (Å²) in [6.45, 7) is 18.2. The first-order valence-corrected chi connectivity index (χ1v) is 7.63. The SMILES string of the molecule is COC1CN(CC(C)(C)CNC(C)(C)C)CCC1C. The molecule has 1 N–H and O–H groups in total. The Morgan fingerprint density at radius 2 is 1.84 bits per heavy atom. The number of ether oxygens (including phenoxy) is 1. The molecule has 1 fully saturated rings. The molecule has 0 amide bonds. The minimum Gasteiger partial charge on any atom is -0.380 e. The number of nitrogens with one attached hydrogen (secondary N) is 1. The number of rotatable bonds is 5. The summed E-state index contributed by atoms with van der Waals surface area (Å²) >= 11 is 0. The highest BCUT2D eigenvalue weighted by molar-refractivity contribution is 4.85. The van der Waals surface area contributed by atoms with Crippen molar-refractivity contribution in [3.05, 3.63) is 0 Å². The highest BCUT2D eigenvalue weighted by Gasteiger charge is 2.30. The maximum absolute atomic E-state index is 5.61. The van der Waals surface area contributed by atoms with Gasteiger partial charge in [-0.2, -0.15) is 0 Å². The van der Waals surface area contributed by atoms with Crippen LogP contribution < -0.4 is 5.32 Å². The minimum atomic E-state index is 0.197. The van der Waals surface area contributed by atoms with Crippen molar-refractivity contribution in [1.82, 2.24) is 10.2 Å². The van der Waals surface area contributed by atoms with E-state index >= 15 is 0 Å². The van der Waals surface area contributed by atoms with E-state index in [1.807, 2.05) is 7.11 Å². The number of nitrogens with zero attached hydrogens (tertiary/aromatic N) is 1. The first-order chi connectivity index (χ1) is 8.63. The van der Waals surface area contributed by atoms with Crippen LogP contribution in [-0.4, -0.2) is 49.8 Å². The van der Waals surface area contributed by atoms with E-state index in [2.05, 4.69) is 51.8 Å². The number of hydrogen-bond donors (Lipinski definition) is 1. The van der Waals surface area contributed by atoms with Crippen LogP contribution in [0.3, 0.4) is 0 Å². The summed E-state index contributed by atoms with van der Waals surface area (Å²) in [5.41, 5.74) is 0.495. The summed E-state index contributed by atoms with van der Waals surface area (Å²) < 4.78 is 5.61. The van der Waals surface area contributed by atoms with E-state index in [0.29, 0.717) is 17.4 Å². The molecule has 0 spiro atoms. The fraction of sp³-hybridized carbons (Fsp3) is 1.00. The lowest BCUT2D eigenvalue weighted by molar-refractivity contribution is -0.0152. The fourth-order valence-corrected chi connectivity index (χ4v) is 2.71. The lowest BCUT2D eigenvalue weighted by Crippen LogP contribution is -2.50. The van der Waals surface area contributed by atoms with Crippen LogP contribution in [0.25, 0.3) is 0 Å². The fourth-order valence-electron chi connectivity index (χ4n) is 2.71. The smallest absolute Gasteiger partial charge is 0.0724 e. The summed E-state index contributed by atoms with van der Waals surface area (Å²) in [6, 6.07) is 0. The molecular formula is C16H34N2O. The molecule has 1 heterocycles. The molecule has 0 aromatic rings. The van der Waals surface area contributed by atoms with Crippen molar-refractivity contribution >= 4 is 0 Å². The van der Waals surface area contributed by atoms with Gasteiger partial charge in [-0.15, -0.1) is 0 Å². The molecule has 0 saturated carbocycles. The van der Waals surface area contributed by atoms with E-state index in [9.17, 15) is 0 Å². The molecule has 3 heteroatoms. The second-order valence-corrected chi connectivity index (χ2v) is 8.04. The summed E-state index contributed by atoms with van der Waals surface area (Å²) in [5, 5.41) is 3.63. The van der Waals surface area contributed by atoms with E-state index in [1.165, 1.54) is 13.0 Å². The third-order valence-electron chi connectivity index (χ3n) is 4.03. The zero-order valence-electron chi connectivity index (χ0n) is 14.0. The van der Waals surface area contributed by atoms with Crippen LogP contribution in [0.15, 0.2) is 0 Å². The van der Waals surface area contributed by atoms with Crippen LogP contribution in [0.1, 0.15) is 48.0 Å². The van der Waals surface area contributed by atoms with Crippen LogP contribution in [0.5, 0.6) is 0 Å². The van der Waals surface area contributed by atoms with Crippen molar-refractivity contribution in [2.45, 2.75) is 59.6 Å². The van der Waals surface area contributed by atoms with Gasteiger partial charge in [0.25, 0.3) is 0 Å². The molecule has 2 unspecified atom stereocenters. The first kappa shape index (κ1) is 16.9. The number of piperidine rings is 1. The van der Waals surface area contributed by atoms with Gasteiger partial charge < -0.3 is 15.0 Å². The highest BCUT2D eigenvalue weighted by Crippen LogP contribution is 2.24. The van der Waals surface area contributed by atoms with Gasteiger partial charge in [0.2, 0.25) is 0 Å². The summed E-state index contributed by atoms with van der Waals surface area (Å²) in [6.07, 6.45) is 1.65. The second-order valence-electron chi connectivity index (χ2n) is 8.04. The molecule has 19 heavy (non-hydrogen) atoms.